The molecule has 0 aliphatic carbocycles. The topological polar surface area (TPSA) is 17.1 Å². The highest BCUT2D eigenvalue weighted by Crippen LogP contribution is 2.25. The average Bonchev–Trinajstić information content (AvgIpc) is 2.47. The summed E-state index contributed by atoms with van der Waals surface area (Å²) >= 11 is 0. The lowest BCUT2D eigenvalue weighted by molar-refractivity contribution is 0.112. The number of benzene rings is 2. The minimum absolute atomic E-state index is 0.107. The molecule has 1 nitrogen and oxygen atoms in total. The van der Waals surface area contributed by atoms with Crippen LogP contribution in [-0.2, 0) is 12.8 Å². The molecule has 2 aromatic rings. The normalized spacial score (nSPS) is 10.5. The van der Waals surface area contributed by atoms with Crippen LogP contribution in [-0.4, -0.2) is 6.29 Å². The van der Waals surface area contributed by atoms with E-state index in [1.165, 1.54) is 17.2 Å². The van der Waals surface area contributed by atoms with Crippen LogP contribution >= 0.6 is 0 Å². The molecule has 98 valence electrons. The molecule has 0 N–H and O–H groups in total. The van der Waals surface area contributed by atoms with Gasteiger partial charge in [0.05, 0.1) is 5.56 Å². The van der Waals surface area contributed by atoms with Gasteiger partial charge >= 0.3 is 0 Å². The first-order chi connectivity index (χ1) is 9.19. The van der Waals surface area contributed by atoms with Crippen molar-refractivity contribution in [2.24, 2.45) is 0 Å². The Bertz CT molecular complexity index is 602. The molecule has 0 aromatic heterocycles. The number of carbonyl (C=O) groups is 1. The lowest BCUT2D eigenvalue weighted by atomic mass is 9.96. The third-order valence-electron chi connectivity index (χ3n) is 3.42. The fourth-order valence-corrected chi connectivity index (χ4v) is 2.29. The molecule has 0 fully saturated rings. The second-order valence-corrected chi connectivity index (χ2v) is 4.54. The van der Waals surface area contributed by atoms with Gasteiger partial charge in [0.25, 0.3) is 0 Å². The van der Waals surface area contributed by atoms with E-state index in [2.05, 4.69) is 26.0 Å². The fraction of sp³-hybridized carbons (Fsp3) is 0.235. The van der Waals surface area contributed by atoms with Crippen LogP contribution in [0.1, 0.15) is 35.3 Å². The molecule has 0 aliphatic heterocycles. The molecule has 0 saturated carbocycles. The monoisotopic (exact) mass is 256 g/mol. The van der Waals surface area contributed by atoms with Gasteiger partial charge in [0.2, 0.25) is 0 Å². The highest BCUT2D eigenvalue weighted by Gasteiger charge is 2.06. The van der Waals surface area contributed by atoms with Crippen molar-refractivity contribution in [1.29, 1.82) is 0 Å². The fourth-order valence-electron chi connectivity index (χ4n) is 2.29. The standard InChI is InChI=1S/C17H17FO/c1-3-12-5-6-14(9-13(12)4-2)15-7-8-17(18)16(10-15)11-19/h5-11H,3-4H2,1-2H3. The third kappa shape index (κ3) is 2.73. The van der Waals surface area contributed by atoms with E-state index in [9.17, 15) is 9.18 Å². The largest absolute Gasteiger partial charge is 0.298 e. The first-order valence-electron chi connectivity index (χ1n) is 6.56. The Morgan fingerprint density at radius 1 is 0.947 bits per heavy atom. The van der Waals surface area contributed by atoms with Gasteiger partial charge in [-0.15, -0.1) is 0 Å². The molecule has 0 radical (unpaired) electrons. The average molecular weight is 256 g/mol. The zero-order valence-corrected chi connectivity index (χ0v) is 11.2. The molecular formula is C17H17FO. The van der Waals surface area contributed by atoms with Crippen molar-refractivity contribution < 1.29 is 9.18 Å². The van der Waals surface area contributed by atoms with E-state index >= 15 is 0 Å². The van der Waals surface area contributed by atoms with Crippen molar-refractivity contribution >= 4 is 6.29 Å². The Labute approximate surface area is 113 Å². The quantitative estimate of drug-likeness (QED) is 0.739. The highest BCUT2D eigenvalue weighted by molar-refractivity contribution is 5.79. The van der Waals surface area contributed by atoms with Crippen LogP contribution in [0, 0.1) is 5.82 Å². The molecule has 0 amide bonds. The minimum atomic E-state index is -0.473. The van der Waals surface area contributed by atoms with Gasteiger partial charge in [0.1, 0.15) is 5.82 Å². The second kappa shape index (κ2) is 5.79. The van der Waals surface area contributed by atoms with E-state index in [1.54, 1.807) is 12.1 Å². The molecule has 2 aromatic carbocycles. The Kier molecular flexibility index (Phi) is 4.10. The maximum Gasteiger partial charge on any atom is 0.153 e. The summed E-state index contributed by atoms with van der Waals surface area (Å²) in [5, 5.41) is 0. The van der Waals surface area contributed by atoms with E-state index in [1.807, 2.05) is 6.07 Å². The van der Waals surface area contributed by atoms with Crippen molar-refractivity contribution in [2.45, 2.75) is 26.7 Å². The van der Waals surface area contributed by atoms with Crippen molar-refractivity contribution in [1.82, 2.24) is 0 Å². The lowest BCUT2D eigenvalue weighted by Gasteiger charge is -2.10. The van der Waals surface area contributed by atoms with Crippen LogP contribution in [0.3, 0.4) is 0 Å². The van der Waals surface area contributed by atoms with Crippen molar-refractivity contribution in [3.63, 3.8) is 0 Å². The van der Waals surface area contributed by atoms with Gasteiger partial charge in [-0.2, -0.15) is 0 Å². The summed E-state index contributed by atoms with van der Waals surface area (Å²) in [7, 11) is 0. The Hall–Kier alpha value is -1.96. The predicted octanol–water partition coefficient (Wildman–Crippen LogP) is 4.43. The highest BCUT2D eigenvalue weighted by atomic mass is 19.1. The summed E-state index contributed by atoms with van der Waals surface area (Å²) in [6.07, 6.45) is 2.53. The van der Waals surface area contributed by atoms with Gasteiger partial charge < -0.3 is 0 Å². The summed E-state index contributed by atoms with van der Waals surface area (Å²) in [6.45, 7) is 4.26. The smallest absolute Gasteiger partial charge is 0.153 e. The summed E-state index contributed by atoms with van der Waals surface area (Å²) in [5.41, 5.74) is 4.65. The first-order valence-corrected chi connectivity index (χ1v) is 6.56. The van der Waals surface area contributed by atoms with Crippen molar-refractivity contribution in [3.8, 4) is 11.1 Å². The van der Waals surface area contributed by atoms with Crippen LogP contribution in [0.15, 0.2) is 36.4 Å². The van der Waals surface area contributed by atoms with E-state index in [-0.39, 0.29) is 5.56 Å². The maximum absolute atomic E-state index is 13.3. The molecule has 0 unspecified atom stereocenters. The SMILES string of the molecule is CCc1ccc(-c2ccc(F)c(C=O)c2)cc1CC. The molecule has 2 rings (SSSR count). The van der Waals surface area contributed by atoms with Gasteiger partial charge in [-0.1, -0.05) is 38.1 Å². The molecule has 0 spiro atoms. The molecule has 0 bridgehead atoms. The number of aldehydes is 1. The van der Waals surface area contributed by atoms with Crippen molar-refractivity contribution in [2.75, 3.05) is 0 Å². The zero-order chi connectivity index (χ0) is 13.8. The predicted molar refractivity (Wildman–Crippen MR) is 76.0 cm³/mol. The molecule has 0 atom stereocenters. The number of carbonyl (C=O) groups excluding carboxylic acids is 1. The van der Waals surface area contributed by atoms with Crippen molar-refractivity contribution in [3.05, 3.63) is 58.9 Å². The van der Waals surface area contributed by atoms with E-state index in [0.717, 1.165) is 24.0 Å². The molecule has 19 heavy (non-hydrogen) atoms. The third-order valence-corrected chi connectivity index (χ3v) is 3.42. The zero-order valence-electron chi connectivity index (χ0n) is 11.2. The minimum Gasteiger partial charge on any atom is -0.298 e. The summed E-state index contributed by atoms with van der Waals surface area (Å²) < 4.78 is 13.3. The molecule has 0 saturated heterocycles. The van der Waals surface area contributed by atoms with E-state index in [0.29, 0.717) is 6.29 Å². The lowest BCUT2D eigenvalue weighted by Crippen LogP contribution is -1.93. The molecule has 2 heteroatoms. The van der Waals surface area contributed by atoms with Gasteiger partial charge in [-0.25, -0.2) is 4.39 Å². The Morgan fingerprint density at radius 2 is 1.58 bits per heavy atom. The van der Waals surface area contributed by atoms with Crippen LogP contribution in [0.2, 0.25) is 0 Å². The Balaban J connectivity index is 2.49. The van der Waals surface area contributed by atoms with E-state index < -0.39 is 5.82 Å². The van der Waals surface area contributed by atoms with Gasteiger partial charge in [-0.3, -0.25) is 4.79 Å². The van der Waals surface area contributed by atoms with Crippen LogP contribution in [0.25, 0.3) is 11.1 Å². The van der Waals surface area contributed by atoms with E-state index in [4.69, 9.17) is 0 Å². The summed E-state index contributed by atoms with van der Waals surface area (Å²) in [6, 6.07) is 10.9. The van der Waals surface area contributed by atoms with Gasteiger partial charge in [-0.05, 0) is 47.2 Å². The molecular weight excluding hydrogens is 239 g/mol. The van der Waals surface area contributed by atoms with Crippen LogP contribution < -0.4 is 0 Å². The maximum atomic E-state index is 13.3. The van der Waals surface area contributed by atoms with Gasteiger partial charge in [0.15, 0.2) is 6.29 Å². The van der Waals surface area contributed by atoms with Crippen LogP contribution in [0.5, 0.6) is 0 Å². The molecule has 0 aliphatic rings. The number of halogens is 1. The Morgan fingerprint density at radius 3 is 2.21 bits per heavy atom. The number of hydrogen-bond donors (Lipinski definition) is 0. The number of aryl methyl sites for hydroxylation is 2. The molecule has 0 heterocycles. The first kappa shape index (κ1) is 13.5. The number of rotatable bonds is 4. The second-order valence-electron chi connectivity index (χ2n) is 4.54. The van der Waals surface area contributed by atoms with Crippen LogP contribution in [0.4, 0.5) is 4.39 Å². The van der Waals surface area contributed by atoms with Gasteiger partial charge in [0, 0.05) is 0 Å². The summed E-state index contributed by atoms with van der Waals surface area (Å²) in [4.78, 5) is 10.8. The number of hydrogen-bond acceptors (Lipinski definition) is 1. The summed E-state index contributed by atoms with van der Waals surface area (Å²) in [5.74, 6) is -0.473.